The molecule has 0 aliphatic rings. The van der Waals surface area contributed by atoms with Crippen LogP contribution >= 0.6 is 15.9 Å². The molecule has 2 aromatic rings. The molecule has 112 valence electrons. The second-order valence-electron chi connectivity index (χ2n) is 5.00. The average molecular weight is 352 g/mol. The molecular formula is C15H18BrN3O2. The summed E-state index contributed by atoms with van der Waals surface area (Å²) in [6.07, 6.45) is 3.49. The summed E-state index contributed by atoms with van der Waals surface area (Å²) in [6.45, 7) is 1.92. The molecule has 0 N–H and O–H groups in total. The van der Waals surface area contributed by atoms with Crippen LogP contribution < -0.4 is 0 Å². The molecule has 0 unspecified atom stereocenters. The van der Waals surface area contributed by atoms with Crippen molar-refractivity contribution >= 4 is 21.8 Å². The maximum Gasteiger partial charge on any atom is 0.289 e. The van der Waals surface area contributed by atoms with Crippen molar-refractivity contribution in [2.45, 2.75) is 6.54 Å². The fourth-order valence-electron chi connectivity index (χ4n) is 1.87. The number of pyridine rings is 1. The van der Waals surface area contributed by atoms with E-state index in [0.717, 1.165) is 12.1 Å². The molecule has 0 spiro atoms. The van der Waals surface area contributed by atoms with Gasteiger partial charge in [-0.05, 0) is 53.8 Å². The summed E-state index contributed by atoms with van der Waals surface area (Å²) in [4.78, 5) is 20.4. The van der Waals surface area contributed by atoms with Gasteiger partial charge >= 0.3 is 0 Å². The minimum absolute atomic E-state index is 0.119. The first-order chi connectivity index (χ1) is 10.1. The Labute approximate surface area is 132 Å². The number of hydrogen-bond acceptors (Lipinski definition) is 4. The van der Waals surface area contributed by atoms with Gasteiger partial charge in [0, 0.05) is 32.0 Å². The lowest BCUT2D eigenvalue weighted by atomic mass is 10.2. The molecule has 6 heteroatoms. The highest BCUT2D eigenvalue weighted by molar-refractivity contribution is 9.10. The van der Waals surface area contributed by atoms with Crippen LogP contribution in [-0.2, 0) is 6.54 Å². The van der Waals surface area contributed by atoms with Gasteiger partial charge in [0.1, 0.15) is 0 Å². The van der Waals surface area contributed by atoms with E-state index in [1.54, 1.807) is 29.4 Å². The van der Waals surface area contributed by atoms with E-state index in [1.807, 2.05) is 31.1 Å². The first-order valence-corrected chi connectivity index (χ1v) is 7.44. The van der Waals surface area contributed by atoms with Crippen LogP contribution in [0.5, 0.6) is 0 Å². The standard InChI is InChI=1S/C15H18BrN3O2/c1-18(2)8-9-19(11-12-4-3-7-17-10-12)15(20)13-5-6-14(16)21-13/h3-7,10H,8-9,11H2,1-2H3. The highest BCUT2D eigenvalue weighted by atomic mass is 79.9. The summed E-state index contributed by atoms with van der Waals surface area (Å²) >= 11 is 3.22. The van der Waals surface area contributed by atoms with E-state index in [0.29, 0.717) is 23.5 Å². The van der Waals surface area contributed by atoms with Gasteiger partial charge in [-0.3, -0.25) is 9.78 Å². The SMILES string of the molecule is CN(C)CCN(Cc1cccnc1)C(=O)c1ccc(Br)o1. The molecule has 2 aromatic heterocycles. The van der Waals surface area contributed by atoms with E-state index < -0.39 is 0 Å². The Bertz CT molecular complexity index is 584. The third-order valence-electron chi connectivity index (χ3n) is 2.98. The van der Waals surface area contributed by atoms with Crippen molar-refractivity contribution in [2.24, 2.45) is 0 Å². The highest BCUT2D eigenvalue weighted by Crippen LogP contribution is 2.17. The van der Waals surface area contributed by atoms with Gasteiger partial charge in [0.2, 0.25) is 0 Å². The van der Waals surface area contributed by atoms with Crippen LogP contribution in [0.25, 0.3) is 0 Å². The molecule has 2 heterocycles. The number of amides is 1. The molecule has 0 bridgehead atoms. The number of likely N-dealkylation sites (N-methyl/N-ethyl adjacent to an activating group) is 1. The number of carbonyl (C=O) groups is 1. The molecule has 5 nitrogen and oxygen atoms in total. The van der Waals surface area contributed by atoms with E-state index >= 15 is 0 Å². The van der Waals surface area contributed by atoms with E-state index in [-0.39, 0.29) is 5.91 Å². The predicted octanol–water partition coefficient (Wildman–Crippen LogP) is 2.64. The van der Waals surface area contributed by atoms with E-state index in [2.05, 4.69) is 20.9 Å². The van der Waals surface area contributed by atoms with Crippen molar-refractivity contribution in [1.29, 1.82) is 0 Å². The maximum atomic E-state index is 12.5. The summed E-state index contributed by atoms with van der Waals surface area (Å²) in [6, 6.07) is 7.23. The van der Waals surface area contributed by atoms with Crippen LogP contribution in [0, 0.1) is 0 Å². The number of aromatic nitrogens is 1. The molecule has 2 rings (SSSR count). The van der Waals surface area contributed by atoms with Crippen LogP contribution in [0.3, 0.4) is 0 Å². The van der Waals surface area contributed by atoms with Gasteiger partial charge in [-0.15, -0.1) is 0 Å². The molecule has 0 atom stereocenters. The second kappa shape index (κ2) is 7.38. The summed E-state index contributed by atoms with van der Waals surface area (Å²) in [5, 5.41) is 0. The molecule has 0 saturated carbocycles. The van der Waals surface area contributed by atoms with Crippen molar-refractivity contribution in [3.05, 3.63) is 52.7 Å². The van der Waals surface area contributed by atoms with Gasteiger partial charge in [-0.2, -0.15) is 0 Å². The number of rotatable bonds is 6. The van der Waals surface area contributed by atoms with Gasteiger partial charge in [-0.1, -0.05) is 6.07 Å². The average Bonchev–Trinajstić information content (AvgIpc) is 2.90. The predicted molar refractivity (Wildman–Crippen MR) is 83.9 cm³/mol. The van der Waals surface area contributed by atoms with Gasteiger partial charge in [0.15, 0.2) is 10.4 Å². The van der Waals surface area contributed by atoms with Gasteiger partial charge in [0.25, 0.3) is 5.91 Å². The lowest BCUT2D eigenvalue weighted by Crippen LogP contribution is -2.36. The van der Waals surface area contributed by atoms with E-state index in [1.165, 1.54) is 0 Å². The molecule has 0 fully saturated rings. The molecule has 0 aromatic carbocycles. The van der Waals surface area contributed by atoms with Crippen molar-refractivity contribution in [3.8, 4) is 0 Å². The molecule has 1 amide bonds. The number of halogens is 1. The van der Waals surface area contributed by atoms with Gasteiger partial charge in [-0.25, -0.2) is 0 Å². The molecule has 0 radical (unpaired) electrons. The smallest absolute Gasteiger partial charge is 0.289 e. The Morgan fingerprint density at radius 3 is 2.67 bits per heavy atom. The Kier molecular flexibility index (Phi) is 5.52. The van der Waals surface area contributed by atoms with Crippen LogP contribution in [0.4, 0.5) is 0 Å². The zero-order valence-corrected chi connectivity index (χ0v) is 13.7. The van der Waals surface area contributed by atoms with Crippen molar-refractivity contribution < 1.29 is 9.21 Å². The largest absolute Gasteiger partial charge is 0.444 e. The molecule has 21 heavy (non-hydrogen) atoms. The zero-order chi connectivity index (χ0) is 15.2. The zero-order valence-electron chi connectivity index (χ0n) is 12.1. The number of nitrogens with zero attached hydrogens (tertiary/aromatic N) is 3. The number of hydrogen-bond donors (Lipinski definition) is 0. The maximum absolute atomic E-state index is 12.5. The lowest BCUT2D eigenvalue weighted by Gasteiger charge is -2.23. The van der Waals surface area contributed by atoms with Gasteiger partial charge < -0.3 is 14.2 Å². The summed E-state index contributed by atoms with van der Waals surface area (Å²) in [5.41, 5.74) is 0.996. The van der Waals surface area contributed by atoms with Crippen LogP contribution in [0.15, 0.2) is 45.7 Å². The first kappa shape index (κ1) is 15.7. The van der Waals surface area contributed by atoms with Crippen LogP contribution in [0.2, 0.25) is 0 Å². The van der Waals surface area contributed by atoms with E-state index in [4.69, 9.17) is 4.42 Å². The summed E-state index contributed by atoms with van der Waals surface area (Å²) in [5.74, 6) is 0.218. The minimum atomic E-state index is -0.119. The monoisotopic (exact) mass is 351 g/mol. The molecular weight excluding hydrogens is 334 g/mol. The first-order valence-electron chi connectivity index (χ1n) is 6.64. The fourth-order valence-corrected chi connectivity index (χ4v) is 2.18. The van der Waals surface area contributed by atoms with Crippen LogP contribution in [-0.4, -0.2) is 47.9 Å². The van der Waals surface area contributed by atoms with Crippen molar-refractivity contribution in [2.75, 3.05) is 27.2 Å². The van der Waals surface area contributed by atoms with E-state index in [9.17, 15) is 4.79 Å². The molecule has 0 aliphatic carbocycles. The lowest BCUT2D eigenvalue weighted by molar-refractivity contribution is 0.0698. The Morgan fingerprint density at radius 2 is 2.10 bits per heavy atom. The summed E-state index contributed by atoms with van der Waals surface area (Å²) in [7, 11) is 3.96. The van der Waals surface area contributed by atoms with Gasteiger partial charge in [0.05, 0.1) is 0 Å². The minimum Gasteiger partial charge on any atom is -0.444 e. The number of furan rings is 1. The van der Waals surface area contributed by atoms with Crippen molar-refractivity contribution in [1.82, 2.24) is 14.8 Å². The summed E-state index contributed by atoms with van der Waals surface area (Å²) < 4.78 is 5.92. The Balaban J connectivity index is 2.13. The molecule has 0 saturated heterocycles. The molecule has 0 aliphatic heterocycles. The number of carbonyl (C=O) groups excluding carboxylic acids is 1. The Morgan fingerprint density at radius 1 is 1.29 bits per heavy atom. The topological polar surface area (TPSA) is 49.6 Å². The van der Waals surface area contributed by atoms with Crippen LogP contribution in [0.1, 0.15) is 16.1 Å². The fraction of sp³-hybridized carbons (Fsp3) is 0.333. The normalized spacial score (nSPS) is 10.9. The third-order valence-corrected chi connectivity index (χ3v) is 3.41. The second-order valence-corrected chi connectivity index (χ2v) is 5.78. The quantitative estimate of drug-likeness (QED) is 0.802. The third kappa shape index (κ3) is 4.68. The highest BCUT2D eigenvalue weighted by Gasteiger charge is 2.19. The van der Waals surface area contributed by atoms with Crippen molar-refractivity contribution in [3.63, 3.8) is 0 Å². The Hall–Kier alpha value is -1.66.